The molecule has 0 aromatic heterocycles. The van der Waals surface area contributed by atoms with Gasteiger partial charge in [0.05, 0.1) is 6.61 Å². The van der Waals surface area contributed by atoms with E-state index in [4.69, 9.17) is 21.1 Å². The quantitative estimate of drug-likeness (QED) is 0.127. The Labute approximate surface area is 208 Å². The number of unbranched alkanes of at least 4 members (excludes halogenated alkanes) is 4. The molecule has 2 rings (SSSR count). The smallest absolute Gasteiger partial charge is 0.329 e. The number of benzene rings is 2. The molecule has 1 atom stereocenters. The maximum Gasteiger partial charge on any atom is 0.329 e. The lowest BCUT2D eigenvalue weighted by atomic mass is 10.1. The number of halogens is 3. The fraction of sp³-hybridized carbons (Fsp3) is 0.536. The number of ether oxygens (including phenoxy) is 2. The minimum Gasteiger partial charge on any atom is -0.494 e. The van der Waals surface area contributed by atoms with Crippen molar-refractivity contribution in [1.82, 2.24) is 0 Å². The van der Waals surface area contributed by atoms with Crippen molar-refractivity contribution in [3.8, 4) is 22.6 Å². The molecule has 190 valence electrons. The molecule has 0 N–H and O–H groups in total. The van der Waals surface area contributed by atoms with E-state index < -0.39 is 17.3 Å². The Morgan fingerprint density at radius 3 is 1.79 bits per heavy atom. The van der Waals surface area contributed by atoms with E-state index in [0.29, 0.717) is 5.75 Å². The van der Waals surface area contributed by atoms with Crippen molar-refractivity contribution in [2.24, 2.45) is 5.92 Å². The van der Waals surface area contributed by atoms with Gasteiger partial charge >= 0.3 is 5.97 Å². The van der Waals surface area contributed by atoms with E-state index in [1.54, 1.807) is 12.1 Å². The number of carbonyl (C=O) groups is 1. The van der Waals surface area contributed by atoms with E-state index in [1.165, 1.54) is 32.6 Å². The third-order valence-electron chi connectivity index (χ3n) is 5.21. The van der Waals surface area contributed by atoms with Crippen LogP contribution in [0.4, 0.5) is 8.78 Å². The minimum absolute atomic E-state index is 0.0329. The normalized spacial score (nSPS) is 12.0. The highest BCUT2D eigenvalue weighted by atomic mass is 35.5. The lowest BCUT2D eigenvalue weighted by molar-refractivity contribution is -0.134. The molecule has 0 saturated carbocycles. The standard InChI is InChI=1S/C24H31ClO3.C4H8F2/c1-4-5-6-7-8-17-27-21-13-9-19(10-14-21)20-11-15-22(16-12-20)28-24(26)23(25)18(2)3;1-3-4(2,5)6/h9-16,18,23H,4-8,17H2,1-3H3;3H2,1-2H3. The predicted molar refractivity (Wildman–Crippen MR) is 137 cm³/mol. The van der Waals surface area contributed by atoms with Gasteiger partial charge in [-0.2, -0.15) is 0 Å². The van der Waals surface area contributed by atoms with Gasteiger partial charge in [-0.05, 0) is 54.7 Å². The van der Waals surface area contributed by atoms with E-state index in [2.05, 4.69) is 6.92 Å². The molecule has 0 amide bonds. The summed E-state index contributed by atoms with van der Waals surface area (Å²) in [5.74, 6) is -1.44. The second-order valence-corrected chi connectivity index (χ2v) is 9.27. The Balaban J connectivity index is 0.000000852. The summed E-state index contributed by atoms with van der Waals surface area (Å²) in [5, 5.41) is -0.640. The maximum atomic E-state index is 11.9. The van der Waals surface area contributed by atoms with E-state index >= 15 is 0 Å². The Kier molecular flexibility index (Phi) is 13.8. The highest BCUT2D eigenvalue weighted by molar-refractivity contribution is 6.30. The van der Waals surface area contributed by atoms with Crippen LogP contribution in [0.25, 0.3) is 11.1 Å². The maximum absolute atomic E-state index is 11.9. The highest BCUT2D eigenvalue weighted by Crippen LogP contribution is 2.25. The number of esters is 1. The summed E-state index contributed by atoms with van der Waals surface area (Å²) >= 11 is 6.04. The zero-order valence-electron chi connectivity index (χ0n) is 21.1. The Hall–Kier alpha value is -2.14. The summed E-state index contributed by atoms with van der Waals surface area (Å²) in [5.41, 5.74) is 2.14. The van der Waals surface area contributed by atoms with Gasteiger partial charge in [-0.15, -0.1) is 11.6 Å². The van der Waals surface area contributed by atoms with Crippen molar-refractivity contribution in [3.63, 3.8) is 0 Å². The summed E-state index contributed by atoms with van der Waals surface area (Å²) in [6.45, 7) is 9.14. The predicted octanol–water partition coefficient (Wildman–Crippen LogP) is 8.92. The van der Waals surface area contributed by atoms with Gasteiger partial charge in [0.1, 0.15) is 16.9 Å². The van der Waals surface area contributed by atoms with Gasteiger partial charge < -0.3 is 9.47 Å². The lowest BCUT2D eigenvalue weighted by Crippen LogP contribution is -2.25. The number of carbonyl (C=O) groups excluding carboxylic acids is 1. The van der Waals surface area contributed by atoms with Crippen molar-refractivity contribution < 1.29 is 23.0 Å². The lowest BCUT2D eigenvalue weighted by Gasteiger charge is -2.12. The third kappa shape index (κ3) is 12.4. The second kappa shape index (κ2) is 15.7. The molecule has 0 aliphatic heterocycles. The molecule has 0 saturated heterocycles. The molecule has 3 nitrogen and oxygen atoms in total. The van der Waals surface area contributed by atoms with Crippen LogP contribution >= 0.6 is 11.6 Å². The van der Waals surface area contributed by atoms with Crippen LogP contribution < -0.4 is 9.47 Å². The second-order valence-electron chi connectivity index (χ2n) is 8.80. The Bertz CT molecular complexity index is 815. The van der Waals surface area contributed by atoms with Crippen LogP contribution in [-0.4, -0.2) is 23.9 Å². The molecule has 0 heterocycles. The summed E-state index contributed by atoms with van der Waals surface area (Å²) < 4.78 is 34.1. The van der Waals surface area contributed by atoms with E-state index in [9.17, 15) is 13.6 Å². The molecule has 0 aliphatic rings. The Morgan fingerprint density at radius 2 is 1.35 bits per heavy atom. The van der Waals surface area contributed by atoms with Crippen molar-refractivity contribution >= 4 is 17.6 Å². The topological polar surface area (TPSA) is 35.5 Å². The monoisotopic (exact) mass is 496 g/mol. The average Bonchev–Trinajstić information content (AvgIpc) is 2.81. The van der Waals surface area contributed by atoms with E-state index in [0.717, 1.165) is 36.8 Å². The molecule has 2 aromatic rings. The highest BCUT2D eigenvalue weighted by Gasteiger charge is 2.21. The van der Waals surface area contributed by atoms with Crippen molar-refractivity contribution in [2.75, 3.05) is 6.61 Å². The average molecular weight is 497 g/mol. The van der Waals surface area contributed by atoms with Gasteiger partial charge in [-0.1, -0.05) is 77.6 Å². The summed E-state index contributed by atoms with van der Waals surface area (Å²) in [6, 6.07) is 15.5. The SMILES string of the molecule is CCC(C)(F)F.CCCCCCCOc1ccc(-c2ccc(OC(=O)C(Cl)C(C)C)cc2)cc1. The van der Waals surface area contributed by atoms with Crippen LogP contribution in [0.3, 0.4) is 0 Å². The Morgan fingerprint density at radius 1 is 0.882 bits per heavy atom. The molecule has 1 unspecified atom stereocenters. The fourth-order valence-electron chi connectivity index (χ4n) is 2.80. The zero-order valence-corrected chi connectivity index (χ0v) is 21.8. The molecule has 0 spiro atoms. The van der Waals surface area contributed by atoms with Crippen molar-refractivity contribution in [2.45, 2.75) is 84.4 Å². The number of hydrogen-bond donors (Lipinski definition) is 0. The van der Waals surface area contributed by atoms with E-state index in [-0.39, 0.29) is 12.3 Å². The molecule has 0 aliphatic carbocycles. The van der Waals surface area contributed by atoms with Crippen LogP contribution in [0, 0.1) is 5.92 Å². The van der Waals surface area contributed by atoms with Gasteiger partial charge in [-0.25, -0.2) is 8.78 Å². The van der Waals surface area contributed by atoms with Crippen LogP contribution in [0.1, 0.15) is 73.1 Å². The molecule has 0 bridgehead atoms. The van der Waals surface area contributed by atoms with Crippen molar-refractivity contribution in [3.05, 3.63) is 48.5 Å². The third-order valence-corrected chi connectivity index (χ3v) is 5.89. The first kappa shape index (κ1) is 29.9. The van der Waals surface area contributed by atoms with Gasteiger partial charge in [-0.3, -0.25) is 4.79 Å². The van der Waals surface area contributed by atoms with Crippen LogP contribution in [0.5, 0.6) is 11.5 Å². The zero-order chi connectivity index (χ0) is 25.6. The molecule has 0 radical (unpaired) electrons. The largest absolute Gasteiger partial charge is 0.494 e. The first-order valence-electron chi connectivity index (χ1n) is 12.1. The molecular weight excluding hydrogens is 458 g/mol. The molecular formula is C28H39ClF2O3. The fourth-order valence-corrected chi connectivity index (χ4v) is 2.84. The van der Waals surface area contributed by atoms with Gasteiger partial charge in [0.15, 0.2) is 0 Å². The first-order valence-corrected chi connectivity index (χ1v) is 12.6. The van der Waals surface area contributed by atoms with Crippen LogP contribution in [0.15, 0.2) is 48.5 Å². The number of rotatable bonds is 12. The molecule has 34 heavy (non-hydrogen) atoms. The summed E-state index contributed by atoms with van der Waals surface area (Å²) in [6.07, 6.45) is 6.11. The number of hydrogen-bond acceptors (Lipinski definition) is 3. The van der Waals surface area contributed by atoms with Crippen LogP contribution in [0.2, 0.25) is 0 Å². The first-order chi connectivity index (χ1) is 16.1. The van der Waals surface area contributed by atoms with Gasteiger partial charge in [0.25, 0.3) is 0 Å². The van der Waals surface area contributed by atoms with E-state index in [1.807, 2.05) is 50.2 Å². The summed E-state index contributed by atoms with van der Waals surface area (Å²) in [7, 11) is 0. The molecule has 0 fully saturated rings. The molecule has 2 aromatic carbocycles. The number of alkyl halides is 3. The van der Waals surface area contributed by atoms with Gasteiger partial charge in [0, 0.05) is 6.42 Å². The summed E-state index contributed by atoms with van der Waals surface area (Å²) in [4.78, 5) is 11.9. The molecule has 6 heteroatoms. The van der Waals surface area contributed by atoms with Gasteiger partial charge in [0.2, 0.25) is 5.92 Å². The minimum atomic E-state index is -2.46. The van der Waals surface area contributed by atoms with Crippen molar-refractivity contribution in [1.29, 1.82) is 0 Å². The van der Waals surface area contributed by atoms with Crippen LogP contribution in [-0.2, 0) is 4.79 Å².